The molecule has 2 aromatic heterocycles. The lowest BCUT2D eigenvalue weighted by Gasteiger charge is -2.25. The summed E-state index contributed by atoms with van der Waals surface area (Å²) < 4.78 is 13.2. The van der Waals surface area contributed by atoms with E-state index in [4.69, 9.17) is 26.1 Å². The van der Waals surface area contributed by atoms with Crippen LogP contribution >= 0.6 is 22.9 Å². The van der Waals surface area contributed by atoms with Crippen LogP contribution in [0.2, 0.25) is 5.02 Å². The SMILES string of the molecule is COc1ccc(CC(=O)N(CCc2csc3nc(-c4ccc(Cl)cc4)cn23)CC2CCCO2)cc1. The zero-order chi connectivity index (χ0) is 24.2. The molecule has 4 aromatic rings. The summed E-state index contributed by atoms with van der Waals surface area (Å²) in [5.41, 5.74) is 4.08. The highest BCUT2D eigenvalue weighted by atomic mass is 35.5. The summed E-state index contributed by atoms with van der Waals surface area (Å²) in [6.45, 7) is 2.04. The van der Waals surface area contributed by atoms with Gasteiger partial charge in [-0.3, -0.25) is 9.20 Å². The van der Waals surface area contributed by atoms with Gasteiger partial charge in [-0.15, -0.1) is 11.3 Å². The van der Waals surface area contributed by atoms with Gasteiger partial charge >= 0.3 is 0 Å². The van der Waals surface area contributed by atoms with Crippen molar-refractivity contribution in [2.75, 3.05) is 26.8 Å². The van der Waals surface area contributed by atoms with E-state index in [1.165, 1.54) is 0 Å². The minimum atomic E-state index is 0.113. The third-order valence-corrected chi connectivity index (χ3v) is 7.52. The predicted octanol–water partition coefficient (Wildman–Crippen LogP) is 5.52. The van der Waals surface area contributed by atoms with Crippen molar-refractivity contribution < 1.29 is 14.3 Å². The molecule has 8 heteroatoms. The molecule has 2 aromatic carbocycles. The summed E-state index contributed by atoms with van der Waals surface area (Å²) in [6.07, 6.45) is 5.34. The number of fused-ring (bicyclic) bond motifs is 1. The number of aromatic nitrogens is 2. The normalized spacial score (nSPS) is 15.5. The molecule has 1 atom stereocenters. The van der Waals surface area contributed by atoms with Gasteiger partial charge in [0.15, 0.2) is 4.96 Å². The second kappa shape index (κ2) is 10.8. The van der Waals surface area contributed by atoms with Crippen molar-refractivity contribution in [2.24, 2.45) is 0 Å². The van der Waals surface area contributed by atoms with Crippen LogP contribution in [0.25, 0.3) is 16.2 Å². The molecule has 6 nitrogen and oxygen atoms in total. The fourth-order valence-corrected chi connectivity index (χ4v) is 5.43. The number of methoxy groups -OCH3 is 1. The monoisotopic (exact) mass is 509 g/mol. The summed E-state index contributed by atoms with van der Waals surface area (Å²) in [5, 5.41) is 2.84. The summed E-state index contributed by atoms with van der Waals surface area (Å²) >= 11 is 7.65. The molecule has 1 fully saturated rings. The van der Waals surface area contributed by atoms with Gasteiger partial charge in [-0.05, 0) is 42.7 Å². The largest absolute Gasteiger partial charge is 0.497 e. The summed E-state index contributed by atoms with van der Waals surface area (Å²) in [6, 6.07) is 15.4. The molecule has 0 radical (unpaired) electrons. The number of hydrogen-bond donors (Lipinski definition) is 0. The van der Waals surface area contributed by atoms with Crippen LogP contribution in [0.5, 0.6) is 5.75 Å². The molecule has 1 unspecified atom stereocenters. The van der Waals surface area contributed by atoms with E-state index >= 15 is 0 Å². The highest BCUT2D eigenvalue weighted by molar-refractivity contribution is 7.15. The molecule has 0 spiro atoms. The smallest absolute Gasteiger partial charge is 0.227 e. The number of imidazole rings is 1. The third-order valence-electron chi connectivity index (χ3n) is 6.38. The minimum Gasteiger partial charge on any atom is -0.497 e. The van der Waals surface area contributed by atoms with Gasteiger partial charge in [0.2, 0.25) is 5.91 Å². The summed E-state index contributed by atoms with van der Waals surface area (Å²) in [7, 11) is 1.64. The average Bonchev–Trinajstić information content (AvgIpc) is 3.61. The van der Waals surface area contributed by atoms with Crippen LogP contribution in [-0.4, -0.2) is 53.1 Å². The fraction of sp³-hybridized carbons (Fsp3) is 0.333. The summed E-state index contributed by atoms with van der Waals surface area (Å²) in [4.78, 5) is 21.0. The van der Waals surface area contributed by atoms with E-state index < -0.39 is 0 Å². The number of nitrogens with zero attached hydrogens (tertiary/aromatic N) is 3. The number of carbonyl (C=O) groups excluding carboxylic acids is 1. The second-order valence-electron chi connectivity index (χ2n) is 8.76. The van der Waals surface area contributed by atoms with E-state index in [0.717, 1.165) is 59.1 Å². The fourth-order valence-electron chi connectivity index (χ4n) is 4.40. The van der Waals surface area contributed by atoms with Crippen molar-refractivity contribution in [3.63, 3.8) is 0 Å². The highest BCUT2D eigenvalue weighted by Gasteiger charge is 2.23. The Kier molecular flexibility index (Phi) is 7.37. The van der Waals surface area contributed by atoms with Crippen LogP contribution in [0, 0.1) is 0 Å². The number of amides is 1. The molecule has 35 heavy (non-hydrogen) atoms. The standard InChI is InChI=1S/C27H28ClN3O3S/c1-33-23-10-4-19(5-11-23)15-26(32)30(16-24-3-2-14-34-24)13-12-22-18-35-27-29-25(17-31(22)27)20-6-8-21(28)9-7-20/h4-11,17-18,24H,2-3,12-16H2,1H3. The molecule has 3 heterocycles. The number of benzene rings is 2. The zero-order valence-electron chi connectivity index (χ0n) is 19.7. The highest BCUT2D eigenvalue weighted by Crippen LogP contribution is 2.25. The molecule has 1 aliphatic rings. The Bertz CT molecular complexity index is 1280. The molecule has 0 saturated carbocycles. The molecule has 0 aliphatic carbocycles. The van der Waals surface area contributed by atoms with Gasteiger partial charge in [0, 0.05) is 54.0 Å². The van der Waals surface area contributed by atoms with Crippen molar-refractivity contribution in [2.45, 2.75) is 31.8 Å². The molecule has 5 rings (SSSR count). The van der Waals surface area contributed by atoms with E-state index in [-0.39, 0.29) is 12.0 Å². The van der Waals surface area contributed by atoms with Crippen molar-refractivity contribution in [3.05, 3.63) is 76.4 Å². The Morgan fingerprint density at radius 1 is 1.23 bits per heavy atom. The number of halogens is 1. The van der Waals surface area contributed by atoms with E-state index in [1.807, 2.05) is 53.4 Å². The summed E-state index contributed by atoms with van der Waals surface area (Å²) in [5.74, 6) is 0.904. The van der Waals surface area contributed by atoms with E-state index in [9.17, 15) is 4.79 Å². The Hall–Kier alpha value is -2.87. The van der Waals surface area contributed by atoms with Crippen LogP contribution < -0.4 is 4.74 Å². The van der Waals surface area contributed by atoms with Gasteiger partial charge in [0.1, 0.15) is 5.75 Å². The van der Waals surface area contributed by atoms with Crippen molar-refractivity contribution in [3.8, 4) is 17.0 Å². The van der Waals surface area contributed by atoms with Crippen LogP contribution in [0.1, 0.15) is 24.1 Å². The number of ether oxygens (including phenoxy) is 2. The molecular weight excluding hydrogens is 482 g/mol. The average molecular weight is 510 g/mol. The van der Waals surface area contributed by atoms with Crippen LogP contribution in [0.15, 0.2) is 60.1 Å². The van der Waals surface area contributed by atoms with Gasteiger partial charge in [-0.25, -0.2) is 4.98 Å². The van der Waals surface area contributed by atoms with Crippen molar-refractivity contribution >= 4 is 33.8 Å². The number of hydrogen-bond acceptors (Lipinski definition) is 5. The Labute approximate surface area is 214 Å². The quantitative estimate of drug-likeness (QED) is 0.298. The van der Waals surface area contributed by atoms with E-state index in [2.05, 4.69) is 16.0 Å². The third kappa shape index (κ3) is 5.69. The zero-order valence-corrected chi connectivity index (χ0v) is 21.2. The molecule has 0 bridgehead atoms. The second-order valence-corrected chi connectivity index (χ2v) is 10.0. The molecule has 182 valence electrons. The molecular formula is C27H28ClN3O3S. The Morgan fingerprint density at radius 3 is 2.74 bits per heavy atom. The molecule has 1 amide bonds. The lowest BCUT2D eigenvalue weighted by molar-refractivity contribution is -0.132. The molecule has 1 aliphatic heterocycles. The minimum absolute atomic E-state index is 0.113. The van der Waals surface area contributed by atoms with E-state index in [1.54, 1.807) is 18.4 Å². The lowest BCUT2D eigenvalue weighted by Crippen LogP contribution is -2.39. The van der Waals surface area contributed by atoms with Gasteiger partial charge in [-0.2, -0.15) is 0 Å². The maximum absolute atomic E-state index is 13.3. The number of carbonyl (C=O) groups is 1. The van der Waals surface area contributed by atoms with Gasteiger partial charge in [0.25, 0.3) is 0 Å². The van der Waals surface area contributed by atoms with Crippen LogP contribution in [0.4, 0.5) is 0 Å². The molecule has 0 N–H and O–H groups in total. The Morgan fingerprint density at radius 2 is 2.03 bits per heavy atom. The van der Waals surface area contributed by atoms with Gasteiger partial charge in [0.05, 0.1) is 25.3 Å². The number of rotatable bonds is 9. The van der Waals surface area contributed by atoms with Crippen molar-refractivity contribution in [1.82, 2.24) is 14.3 Å². The first-order valence-corrected chi connectivity index (χ1v) is 13.1. The van der Waals surface area contributed by atoms with Crippen LogP contribution in [-0.2, 0) is 22.4 Å². The topological polar surface area (TPSA) is 56.1 Å². The first-order valence-electron chi connectivity index (χ1n) is 11.8. The molecule has 1 saturated heterocycles. The van der Waals surface area contributed by atoms with Crippen LogP contribution in [0.3, 0.4) is 0 Å². The maximum atomic E-state index is 13.3. The Balaban J connectivity index is 1.30. The number of thiazole rings is 1. The van der Waals surface area contributed by atoms with Gasteiger partial charge in [-0.1, -0.05) is 35.9 Å². The predicted molar refractivity (Wildman–Crippen MR) is 139 cm³/mol. The maximum Gasteiger partial charge on any atom is 0.227 e. The van der Waals surface area contributed by atoms with Gasteiger partial charge < -0.3 is 14.4 Å². The first kappa shape index (κ1) is 23.9. The first-order chi connectivity index (χ1) is 17.1. The van der Waals surface area contributed by atoms with E-state index in [0.29, 0.717) is 24.5 Å². The van der Waals surface area contributed by atoms with Crippen molar-refractivity contribution in [1.29, 1.82) is 0 Å². The lowest BCUT2D eigenvalue weighted by atomic mass is 10.1.